The van der Waals surface area contributed by atoms with Gasteiger partial charge in [0, 0.05) is 24.5 Å². The van der Waals surface area contributed by atoms with Crippen LogP contribution in [0.25, 0.3) is 0 Å². The highest BCUT2D eigenvalue weighted by Crippen LogP contribution is 2.24. The Hall–Kier alpha value is -3.13. The van der Waals surface area contributed by atoms with Crippen molar-refractivity contribution in [3.05, 3.63) is 53.7 Å². The number of pyridine rings is 1. The minimum Gasteiger partial charge on any atom is -0.380 e. The fourth-order valence-electron chi connectivity index (χ4n) is 3.56. The molecule has 1 saturated carbocycles. The number of nitrogens with zero attached hydrogens (tertiary/aromatic N) is 1. The van der Waals surface area contributed by atoms with Gasteiger partial charge in [-0.3, -0.25) is 14.9 Å². The van der Waals surface area contributed by atoms with Crippen molar-refractivity contribution in [3.8, 4) is 0 Å². The van der Waals surface area contributed by atoms with Gasteiger partial charge in [-0.15, -0.1) is 0 Å². The number of benzene rings is 1. The molecule has 0 spiro atoms. The molecule has 1 heterocycles. The Morgan fingerprint density at radius 1 is 1.16 bits per heavy atom. The lowest BCUT2D eigenvalue weighted by Crippen LogP contribution is -2.34. The summed E-state index contributed by atoms with van der Waals surface area (Å²) >= 11 is 0. The number of anilines is 2. The molecule has 1 fully saturated rings. The molecule has 8 heteroatoms. The average Bonchev–Trinajstić information content (AvgIpc) is 3.25. The molecule has 3 amide bonds. The van der Waals surface area contributed by atoms with Crippen LogP contribution in [0.3, 0.4) is 0 Å². The van der Waals surface area contributed by atoms with Gasteiger partial charge in [-0.25, -0.2) is 15.3 Å². The maximum atomic E-state index is 12.6. The molecule has 1 aliphatic rings. The predicted octanol–water partition coefficient (Wildman–Crippen LogP) is 4.08. The molecule has 0 saturated heterocycles. The smallest absolute Gasteiger partial charge is 0.320 e. The van der Waals surface area contributed by atoms with Crippen molar-refractivity contribution in [3.63, 3.8) is 0 Å². The molecule has 1 aromatic carbocycles. The Morgan fingerprint density at radius 2 is 1.94 bits per heavy atom. The first kappa shape index (κ1) is 22.6. The van der Waals surface area contributed by atoms with E-state index in [1.165, 1.54) is 12.8 Å². The van der Waals surface area contributed by atoms with E-state index in [2.05, 4.69) is 26.4 Å². The number of hydroxylamine groups is 1. The molecule has 0 unspecified atom stereocenters. The maximum Gasteiger partial charge on any atom is 0.320 e. The Kier molecular flexibility index (Phi) is 8.23. The summed E-state index contributed by atoms with van der Waals surface area (Å²) in [4.78, 5) is 34.1. The lowest BCUT2D eigenvalue weighted by Gasteiger charge is -2.14. The van der Waals surface area contributed by atoms with Crippen LogP contribution >= 0.6 is 0 Å². The van der Waals surface area contributed by atoms with Gasteiger partial charge in [0.2, 0.25) is 0 Å². The Bertz CT molecular complexity index is 881. The zero-order valence-corrected chi connectivity index (χ0v) is 18.1. The molecule has 166 valence electrons. The first-order chi connectivity index (χ1) is 15.0. The molecule has 8 nitrogen and oxygen atoms in total. The van der Waals surface area contributed by atoms with E-state index in [4.69, 9.17) is 4.84 Å². The van der Waals surface area contributed by atoms with Crippen LogP contribution in [-0.4, -0.2) is 29.6 Å². The van der Waals surface area contributed by atoms with Crippen molar-refractivity contribution in [2.75, 3.05) is 17.2 Å². The number of aromatic nitrogens is 1. The lowest BCUT2D eigenvalue weighted by molar-refractivity contribution is 0.0172. The van der Waals surface area contributed by atoms with Crippen LogP contribution in [0.1, 0.15) is 55.5 Å². The second kappa shape index (κ2) is 11.3. The third kappa shape index (κ3) is 7.25. The van der Waals surface area contributed by atoms with Crippen LogP contribution in [-0.2, 0) is 11.4 Å². The van der Waals surface area contributed by atoms with Crippen molar-refractivity contribution in [1.82, 2.24) is 15.8 Å². The normalized spacial score (nSPS) is 13.8. The second-order valence-electron chi connectivity index (χ2n) is 8.09. The molecular weight excluding hydrogens is 394 g/mol. The highest BCUT2D eigenvalue weighted by Gasteiger charge is 2.17. The summed E-state index contributed by atoms with van der Waals surface area (Å²) < 4.78 is 0. The number of hydrogen-bond donors (Lipinski definition) is 4. The largest absolute Gasteiger partial charge is 0.380 e. The summed E-state index contributed by atoms with van der Waals surface area (Å²) in [7, 11) is 0. The third-order valence-electron chi connectivity index (χ3n) is 5.10. The van der Waals surface area contributed by atoms with E-state index in [0.717, 1.165) is 18.4 Å². The molecule has 31 heavy (non-hydrogen) atoms. The number of rotatable bonds is 9. The summed E-state index contributed by atoms with van der Waals surface area (Å²) in [6.45, 7) is 4.80. The third-order valence-corrected chi connectivity index (χ3v) is 5.10. The molecular formula is C23H31N5O3. The number of carbonyl (C=O) groups excluding carboxylic acids is 2. The van der Waals surface area contributed by atoms with Crippen molar-refractivity contribution < 1.29 is 14.4 Å². The van der Waals surface area contributed by atoms with Crippen molar-refractivity contribution in [2.24, 2.45) is 5.92 Å². The second-order valence-corrected chi connectivity index (χ2v) is 8.09. The Labute approximate surface area is 183 Å². The zero-order chi connectivity index (χ0) is 22.1. The number of hydrogen-bond acceptors (Lipinski definition) is 5. The Morgan fingerprint density at radius 3 is 2.71 bits per heavy atom. The number of para-hydroxylation sites is 1. The fraction of sp³-hybridized carbons (Fsp3) is 0.435. The number of urea groups is 1. The number of carbonyl (C=O) groups is 2. The van der Waals surface area contributed by atoms with Gasteiger partial charge in [0.25, 0.3) is 5.91 Å². The van der Waals surface area contributed by atoms with Gasteiger partial charge in [0.05, 0.1) is 12.2 Å². The first-order valence-electron chi connectivity index (χ1n) is 10.8. The minimum atomic E-state index is -0.299. The van der Waals surface area contributed by atoms with Crippen LogP contribution in [0.2, 0.25) is 0 Å². The monoisotopic (exact) mass is 425 g/mol. The molecule has 0 aliphatic heterocycles. The topological polar surface area (TPSA) is 104 Å². The van der Waals surface area contributed by atoms with Crippen LogP contribution in [0.15, 0.2) is 42.6 Å². The van der Waals surface area contributed by atoms with Crippen LogP contribution in [0.4, 0.5) is 16.3 Å². The summed E-state index contributed by atoms with van der Waals surface area (Å²) in [6.07, 6.45) is 6.44. The summed E-state index contributed by atoms with van der Waals surface area (Å²) in [5.74, 6) is 0.720. The van der Waals surface area contributed by atoms with Crippen LogP contribution in [0, 0.1) is 5.92 Å². The van der Waals surface area contributed by atoms with E-state index < -0.39 is 0 Å². The molecule has 4 N–H and O–H groups in total. The molecule has 2 aromatic rings. The van der Waals surface area contributed by atoms with Gasteiger partial charge in [-0.1, -0.05) is 25.0 Å². The molecule has 1 aromatic heterocycles. The minimum absolute atomic E-state index is 0.0367. The maximum absolute atomic E-state index is 12.6. The quantitative estimate of drug-likeness (QED) is 0.453. The molecule has 1 aliphatic carbocycles. The zero-order valence-electron chi connectivity index (χ0n) is 18.1. The standard InChI is InChI=1S/C23H31N5O3/c1-16(2)26-23(30)27-21-13-18(11-12-24-21)14-25-20-10-6-5-9-19(20)22(29)28-31-15-17-7-3-4-8-17/h5-6,9-13,16-17,25H,3-4,7-8,14-15H2,1-2H3,(H,28,29)(H2,24,26,27,30). The summed E-state index contributed by atoms with van der Waals surface area (Å²) in [6, 6.07) is 10.7. The number of nitrogens with one attached hydrogen (secondary N) is 4. The predicted molar refractivity (Wildman–Crippen MR) is 121 cm³/mol. The van der Waals surface area contributed by atoms with Gasteiger partial charge >= 0.3 is 6.03 Å². The molecule has 3 rings (SSSR count). The van der Waals surface area contributed by atoms with Gasteiger partial charge in [0.1, 0.15) is 5.82 Å². The highest BCUT2D eigenvalue weighted by atomic mass is 16.6. The average molecular weight is 426 g/mol. The van der Waals surface area contributed by atoms with E-state index >= 15 is 0 Å². The van der Waals surface area contributed by atoms with E-state index in [0.29, 0.717) is 36.1 Å². The van der Waals surface area contributed by atoms with Gasteiger partial charge in [-0.2, -0.15) is 0 Å². The molecule has 0 atom stereocenters. The van der Waals surface area contributed by atoms with E-state index in [1.54, 1.807) is 18.3 Å². The van der Waals surface area contributed by atoms with Gasteiger partial charge in [0.15, 0.2) is 0 Å². The van der Waals surface area contributed by atoms with Crippen molar-refractivity contribution in [1.29, 1.82) is 0 Å². The molecule has 0 radical (unpaired) electrons. The van der Waals surface area contributed by atoms with Crippen molar-refractivity contribution in [2.45, 2.75) is 52.1 Å². The highest BCUT2D eigenvalue weighted by molar-refractivity contribution is 5.99. The lowest BCUT2D eigenvalue weighted by atomic mass is 10.1. The Balaban J connectivity index is 1.55. The first-order valence-corrected chi connectivity index (χ1v) is 10.8. The fourth-order valence-corrected chi connectivity index (χ4v) is 3.56. The van der Waals surface area contributed by atoms with Gasteiger partial charge in [-0.05, 0) is 62.4 Å². The summed E-state index contributed by atoms with van der Waals surface area (Å²) in [5.41, 5.74) is 4.70. The number of amides is 3. The van der Waals surface area contributed by atoms with Crippen molar-refractivity contribution >= 4 is 23.4 Å². The van der Waals surface area contributed by atoms with Crippen LogP contribution in [0.5, 0.6) is 0 Å². The van der Waals surface area contributed by atoms with Gasteiger partial charge < -0.3 is 10.6 Å². The molecule has 0 bridgehead atoms. The van der Waals surface area contributed by atoms with Crippen LogP contribution < -0.4 is 21.4 Å². The van der Waals surface area contributed by atoms with E-state index in [9.17, 15) is 9.59 Å². The van der Waals surface area contributed by atoms with E-state index in [-0.39, 0.29) is 18.0 Å². The van der Waals surface area contributed by atoms with E-state index in [1.807, 2.05) is 38.1 Å². The SMILES string of the molecule is CC(C)NC(=O)Nc1cc(CNc2ccccc2C(=O)NOCC2CCCC2)ccn1. The summed E-state index contributed by atoms with van der Waals surface area (Å²) in [5, 5.41) is 8.76.